The van der Waals surface area contributed by atoms with E-state index in [1.807, 2.05) is 0 Å². The molecule has 0 N–H and O–H groups in total. The Hall–Kier alpha value is -1.84. The molecule has 4 heteroatoms. The van der Waals surface area contributed by atoms with Crippen molar-refractivity contribution in [1.29, 1.82) is 0 Å². The first-order chi connectivity index (χ1) is 6.83. The summed E-state index contributed by atoms with van der Waals surface area (Å²) < 4.78 is 6.23. The molecule has 2 aromatic rings. The van der Waals surface area contributed by atoms with E-state index in [2.05, 4.69) is 11.1 Å². The van der Waals surface area contributed by atoms with Gasteiger partial charge in [0.25, 0.3) is 0 Å². The van der Waals surface area contributed by atoms with Crippen molar-refractivity contribution in [3.05, 3.63) is 30.6 Å². The van der Waals surface area contributed by atoms with Gasteiger partial charge in [-0.25, -0.2) is 14.3 Å². The molecule has 0 fully saturated rings. The predicted octanol–water partition coefficient (Wildman–Crippen LogP) is 1.84. The molecule has 1 radical (unpaired) electrons. The Morgan fingerprint density at radius 3 is 3.36 bits per heavy atom. The maximum absolute atomic E-state index is 11.4. The summed E-state index contributed by atoms with van der Waals surface area (Å²) in [5.74, 6) is 0. The molecular weight excluding hydrogens is 180 g/mol. The number of ether oxygens (including phenoxy) is 1. The molecule has 0 saturated carbocycles. The van der Waals surface area contributed by atoms with Gasteiger partial charge in [0.05, 0.1) is 17.6 Å². The van der Waals surface area contributed by atoms with Gasteiger partial charge in [0.1, 0.15) is 6.33 Å². The second-order valence-electron chi connectivity index (χ2n) is 2.73. The minimum Gasteiger partial charge on any atom is -0.449 e. The number of fused-ring (bicyclic) bond motifs is 1. The van der Waals surface area contributed by atoms with E-state index in [4.69, 9.17) is 4.74 Å². The number of imidazole rings is 1. The van der Waals surface area contributed by atoms with Crippen LogP contribution in [-0.2, 0) is 4.74 Å². The van der Waals surface area contributed by atoms with Gasteiger partial charge in [-0.1, -0.05) is 6.07 Å². The molecule has 0 bridgehead atoms. The predicted molar refractivity (Wildman–Crippen MR) is 51.0 cm³/mol. The van der Waals surface area contributed by atoms with Gasteiger partial charge in [-0.2, -0.15) is 0 Å². The lowest BCUT2D eigenvalue weighted by Gasteiger charge is -2.01. The molecule has 2 rings (SSSR count). The standard InChI is InChI=1S/C10H9N2O2/c1-2-14-10(13)12-7-11-8-5-3-4-6-9(8)12/h3,5-7H,2H2,1H3. The van der Waals surface area contributed by atoms with E-state index in [9.17, 15) is 4.79 Å². The van der Waals surface area contributed by atoms with Crippen molar-refractivity contribution < 1.29 is 9.53 Å². The lowest BCUT2D eigenvalue weighted by Crippen LogP contribution is -2.11. The molecule has 0 aliphatic rings. The zero-order valence-electron chi connectivity index (χ0n) is 7.73. The van der Waals surface area contributed by atoms with E-state index in [0.717, 1.165) is 5.52 Å². The molecular formula is C10H9N2O2. The lowest BCUT2D eigenvalue weighted by atomic mass is 10.3. The molecule has 0 atom stereocenters. The van der Waals surface area contributed by atoms with Crippen LogP contribution < -0.4 is 0 Å². The van der Waals surface area contributed by atoms with E-state index in [1.54, 1.807) is 25.1 Å². The van der Waals surface area contributed by atoms with Crippen LogP contribution >= 0.6 is 0 Å². The number of benzene rings is 1. The molecule has 14 heavy (non-hydrogen) atoms. The van der Waals surface area contributed by atoms with E-state index >= 15 is 0 Å². The third-order valence-electron chi connectivity index (χ3n) is 1.86. The Balaban J connectivity index is 2.47. The molecule has 1 heterocycles. The molecule has 0 saturated heterocycles. The Bertz CT molecular complexity index is 462. The zero-order chi connectivity index (χ0) is 9.97. The molecule has 4 nitrogen and oxygen atoms in total. The Kier molecular flexibility index (Phi) is 2.18. The quantitative estimate of drug-likeness (QED) is 0.687. The van der Waals surface area contributed by atoms with Crippen molar-refractivity contribution in [3.63, 3.8) is 0 Å². The summed E-state index contributed by atoms with van der Waals surface area (Å²) in [5, 5.41) is 0. The van der Waals surface area contributed by atoms with Crippen LogP contribution in [0, 0.1) is 6.07 Å². The van der Waals surface area contributed by atoms with Crippen LogP contribution in [0.5, 0.6) is 0 Å². The molecule has 0 aliphatic heterocycles. The first-order valence-corrected chi connectivity index (χ1v) is 4.33. The summed E-state index contributed by atoms with van der Waals surface area (Å²) in [7, 11) is 0. The van der Waals surface area contributed by atoms with Crippen LogP contribution in [0.1, 0.15) is 6.92 Å². The monoisotopic (exact) mass is 189 g/mol. The minimum absolute atomic E-state index is 0.356. The summed E-state index contributed by atoms with van der Waals surface area (Å²) in [5.41, 5.74) is 1.47. The summed E-state index contributed by atoms with van der Waals surface area (Å²) in [4.78, 5) is 15.5. The normalized spacial score (nSPS) is 10.4. The smallest absolute Gasteiger partial charge is 0.419 e. The molecule has 71 valence electrons. The van der Waals surface area contributed by atoms with Gasteiger partial charge in [-0.05, 0) is 25.1 Å². The highest BCUT2D eigenvalue weighted by Gasteiger charge is 2.09. The highest BCUT2D eigenvalue weighted by atomic mass is 16.5. The van der Waals surface area contributed by atoms with E-state index in [-0.39, 0.29) is 0 Å². The highest BCUT2D eigenvalue weighted by Crippen LogP contribution is 2.11. The molecule has 1 aromatic carbocycles. The van der Waals surface area contributed by atoms with Gasteiger partial charge in [-0.15, -0.1) is 0 Å². The lowest BCUT2D eigenvalue weighted by molar-refractivity contribution is 0.155. The van der Waals surface area contributed by atoms with Crippen LogP contribution in [0.3, 0.4) is 0 Å². The van der Waals surface area contributed by atoms with Crippen LogP contribution in [0.4, 0.5) is 4.79 Å². The van der Waals surface area contributed by atoms with Gasteiger partial charge >= 0.3 is 6.09 Å². The van der Waals surface area contributed by atoms with Gasteiger partial charge in [-0.3, -0.25) is 0 Å². The first-order valence-electron chi connectivity index (χ1n) is 4.33. The average Bonchev–Trinajstić information content (AvgIpc) is 2.61. The minimum atomic E-state index is -0.408. The second kappa shape index (κ2) is 3.49. The van der Waals surface area contributed by atoms with Gasteiger partial charge in [0.2, 0.25) is 0 Å². The number of rotatable bonds is 1. The molecule has 0 spiro atoms. The van der Waals surface area contributed by atoms with Crippen LogP contribution in [-0.4, -0.2) is 22.3 Å². The zero-order valence-corrected chi connectivity index (χ0v) is 7.73. The molecule has 0 amide bonds. The number of hydrogen-bond donors (Lipinski definition) is 0. The summed E-state index contributed by atoms with van der Waals surface area (Å²) in [6.45, 7) is 2.12. The maximum atomic E-state index is 11.4. The van der Waals surface area contributed by atoms with Crippen LogP contribution in [0.25, 0.3) is 11.0 Å². The van der Waals surface area contributed by atoms with Crippen LogP contribution in [0.15, 0.2) is 24.5 Å². The number of nitrogens with zero attached hydrogens (tertiary/aromatic N) is 2. The van der Waals surface area contributed by atoms with Crippen molar-refractivity contribution in [1.82, 2.24) is 9.55 Å². The average molecular weight is 189 g/mol. The van der Waals surface area contributed by atoms with Gasteiger partial charge < -0.3 is 4.74 Å². The number of carbonyl (C=O) groups is 1. The van der Waals surface area contributed by atoms with Gasteiger partial charge in [0.15, 0.2) is 0 Å². The Morgan fingerprint density at radius 1 is 1.71 bits per heavy atom. The van der Waals surface area contributed by atoms with Gasteiger partial charge in [0, 0.05) is 0 Å². The summed E-state index contributed by atoms with van der Waals surface area (Å²) in [6.07, 6.45) is 1.05. The Morgan fingerprint density at radius 2 is 2.57 bits per heavy atom. The highest BCUT2D eigenvalue weighted by molar-refractivity contribution is 5.86. The molecule has 1 aromatic heterocycles. The van der Waals surface area contributed by atoms with E-state index < -0.39 is 6.09 Å². The van der Waals surface area contributed by atoms with Crippen molar-refractivity contribution >= 4 is 17.1 Å². The summed E-state index contributed by atoms with van der Waals surface area (Å²) >= 11 is 0. The number of hydrogen-bond acceptors (Lipinski definition) is 3. The largest absolute Gasteiger partial charge is 0.449 e. The maximum Gasteiger partial charge on any atom is 0.419 e. The Labute approximate surface area is 81.1 Å². The fourth-order valence-electron chi connectivity index (χ4n) is 1.24. The fraction of sp³-hybridized carbons (Fsp3) is 0.200. The van der Waals surface area contributed by atoms with Crippen molar-refractivity contribution in [2.45, 2.75) is 6.92 Å². The number of aromatic nitrogens is 2. The van der Waals surface area contributed by atoms with Crippen molar-refractivity contribution in [2.24, 2.45) is 0 Å². The molecule has 0 aliphatic carbocycles. The second-order valence-corrected chi connectivity index (χ2v) is 2.73. The SMILES string of the molecule is CCOC(=O)n1cnc2cc[c]cc21. The number of carbonyl (C=O) groups excluding carboxylic acids is 1. The van der Waals surface area contributed by atoms with E-state index in [0.29, 0.717) is 12.1 Å². The topological polar surface area (TPSA) is 44.1 Å². The third kappa shape index (κ3) is 1.35. The summed E-state index contributed by atoms with van der Waals surface area (Å²) in [6, 6.07) is 8.15. The van der Waals surface area contributed by atoms with Crippen LogP contribution in [0.2, 0.25) is 0 Å². The van der Waals surface area contributed by atoms with Crippen molar-refractivity contribution in [3.8, 4) is 0 Å². The van der Waals surface area contributed by atoms with Crippen molar-refractivity contribution in [2.75, 3.05) is 6.61 Å². The first kappa shape index (κ1) is 8.74. The van der Waals surface area contributed by atoms with E-state index in [1.165, 1.54) is 10.9 Å². The fourth-order valence-corrected chi connectivity index (χ4v) is 1.24. The molecule has 0 unspecified atom stereocenters. The third-order valence-corrected chi connectivity index (χ3v) is 1.86.